The average molecular weight is 371 g/mol. The summed E-state index contributed by atoms with van der Waals surface area (Å²) in [6.07, 6.45) is 1.26. The molecule has 0 radical (unpaired) electrons. The lowest BCUT2D eigenvalue weighted by atomic mass is 10.2. The Morgan fingerprint density at radius 1 is 1.32 bits per heavy atom. The van der Waals surface area contributed by atoms with Gasteiger partial charge in [-0.2, -0.15) is 17.4 Å². The minimum Gasteiger partial charge on any atom is -0.450 e. The number of nitrogens with one attached hydrogen (secondary N) is 1. The van der Waals surface area contributed by atoms with Crippen LogP contribution in [0.3, 0.4) is 0 Å². The highest BCUT2D eigenvalue weighted by Gasteiger charge is 2.29. The predicted molar refractivity (Wildman–Crippen MR) is 94.5 cm³/mol. The van der Waals surface area contributed by atoms with Crippen molar-refractivity contribution in [1.29, 1.82) is 0 Å². The molecule has 2 rings (SSSR count). The summed E-state index contributed by atoms with van der Waals surface area (Å²) >= 11 is 0. The zero-order chi connectivity index (χ0) is 18.4. The first-order chi connectivity index (χ1) is 11.8. The van der Waals surface area contributed by atoms with E-state index in [1.54, 1.807) is 19.2 Å². The van der Waals surface area contributed by atoms with Crippen LogP contribution in [0.5, 0.6) is 0 Å². The number of hydrogen-bond acceptors (Lipinski definition) is 6. The number of amides is 1. The molecule has 1 aromatic rings. The van der Waals surface area contributed by atoms with Crippen LogP contribution in [0.4, 0.5) is 10.6 Å². The monoisotopic (exact) mass is 371 g/mol. The summed E-state index contributed by atoms with van der Waals surface area (Å²) in [6.45, 7) is 3.30. The van der Waals surface area contributed by atoms with Crippen molar-refractivity contribution in [3.63, 3.8) is 0 Å². The van der Waals surface area contributed by atoms with E-state index in [2.05, 4.69) is 9.71 Å². The van der Waals surface area contributed by atoms with Gasteiger partial charge in [0, 0.05) is 58.6 Å². The van der Waals surface area contributed by atoms with Gasteiger partial charge in [-0.3, -0.25) is 0 Å². The van der Waals surface area contributed by atoms with E-state index in [4.69, 9.17) is 4.74 Å². The molecule has 25 heavy (non-hydrogen) atoms. The Morgan fingerprint density at radius 3 is 2.60 bits per heavy atom. The number of rotatable bonds is 6. The van der Waals surface area contributed by atoms with Gasteiger partial charge in [0.2, 0.25) is 0 Å². The highest BCUT2D eigenvalue weighted by atomic mass is 32.2. The molecule has 0 saturated carbocycles. The first kappa shape index (κ1) is 19.4. The molecule has 1 amide bonds. The Morgan fingerprint density at radius 2 is 2.00 bits per heavy atom. The second-order valence-corrected chi connectivity index (χ2v) is 7.55. The van der Waals surface area contributed by atoms with Crippen molar-refractivity contribution in [3.8, 4) is 0 Å². The maximum Gasteiger partial charge on any atom is 0.409 e. The van der Waals surface area contributed by atoms with Crippen LogP contribution >= 0.6 is 0 Å². The predicted octanol–water partition coefficient (Wildman–Crippen LogP) is 0.256. The summed E-state index contributed by atoms with van der Waals surface area (Å²) in [4.78, 5) is 19.3. The zero-order valence-electron chi connectivity index (χ0n) is 14.8. The molecule has 1 N–H and O–H groups in total. The molecule has 140 valence electrons. The van der Waals surface area contributed by atoms with Crippen LogP contribution in [0.2, 0.25) is 0 Å². The lowest BCUT2D eigenvalue weighted by Gasteiger charge is -2.33. The quantitative estimate of drug-likeness (QED) is 0.771. The summed E-state index contributed by atoms with van der Waals surface area (Å²) in [6, 6.07) is 3.61. The van der Waals surface area contributed by atoms with Gasteiger partial charge in [-0.1, -0.05) is 6.07 Å². The summed E-state index contributed by atoms with van der Waals surface area (Å²) in [7, 11) is 0.0850. The molecule has 2 heterocycles. The number of carbonyl (C=O) groups is 1. The van der Waals surface area contributed by atoms with Crippen LogP contribution < -0.4 is 9.62 Å². The molecule has 0 bridgehead atoms. The lowest BCUT2D eigenvalue weighted by molar-refractivity contribution is 0.0932. The van der Waals surface area contributed by atoms with E-state index in [0.717, 1.165) is 11.4 Å². The van der Waals surface area contributed by atoms with Crippen LogP contribution in [-0.4, -0.2) is 75.6 Å². The van der Waals surface area contributed by atoms with Crippen LogP contribution in [0.15, 0.2) is 18.3 Å². The van der Waals surface area contributed by atoms with E-state index in [9.17, 15) is 13.2 Å². The fourth-order valence-electron chi connectivity index (χ4n) is 2.56. The molecule has 0 spiro atoms. The first-order valence-electron chi connectivity index (χ1n) is 8.12. The number of piperazine rings is 1. The number of pyridine rings is 1. The normalized spacial score (nSPS) is 15.9. The van der Waals surface area contributed by atoms with Crippen molar-refractivity contribution in [1.82, 2.24) is 18.9 Å². The molecule has 1 aliphatic rings. The summed E-state index contributed by atoms with van der Waals surface area (Å²) in [5.41, 5.74) is 0.793. The Balaban J connectivity index is 1.94. The van der Waals surface area contributed by atoms with Gasteiger partial charge in [-0.05, 0) is 13.0 Å². The molecule has 1 aliphatic heterocycles. The summed E-state index contributed by atoms with van der Waals surface area (Å²) in [5.74, 6) is 0.720. The molecule has 9 nitrogen and oxygen atoms in total. The van der Waals surface area contributed by atoms with Gasteiger partial charge in [0.15, 0.2) is 0 Å². The third-order valence-corrected chi connectivity index (χ3v) is 5.39. The van der Waals surface area contributed by atoms with E-state index in [1.807, 2.05) is 25.1 Å². The maximum atomic E-state index is 12.5. The number of nitrogens with zero attached hydrogens (tertiary/aromatic N) is 4. The van der Waals surface area contributed by atoms with Gasteiger partial charge in [0.1, 0.15) is 5.82 Å². The summed E-state index contributed by atoms with van der Waals surface area (Å²) in [5, 5.41) is 0. The third kappa shape index (κ3) is 5.03. The molecule has 0 unspecified atom stereocenters. The highest BCUT2D eigenvalue weighted by Crippen LogP contribution is 2.15. The molecular formula is C15H25N5O4S. The van der Waals surface area contributed by atoms with E-state index < -0.39 is 16.3 Å². The van der Waals surface area contributed by atoms with Gasteiger partial charge >= 0.3 is 6.09 Å². The number of anilines is 1. The average Bonchev–Trinajstić information content (AvgIpc) is 2.60. The Labute approximate surface area is 148 Å². The number of hydrogen-bond donors (Lipinski definition) is 1. The third-order valence-electron chi connectivity index (χ3n) is 3.84. The molecular weight excluding hydrogens is 346 g/mol. The Hall–Kier alpha value is -1.91. The maximum absolute atomic E-state index is 12.5. The minimum absolute atomic E-state index is 0.155. The van der Waals surface area contributed by atoms with Crippen molar-refractivity contribution >= 4 is 22.1 Å². The summed E-state index contributed by atoms with van der Waals surface area (Å²) < 4.78 is 33.9. The van der Waals surface area contributed by atoms with Crippen molar-refractivity contribution in [2.75, 3.05) is 51.8 Å². The van der Waals surface area contributed by atoms with Crippen LogP contribution in [0, 0.1) is 0 Å². The molecule has 0 atom stereocenters. The zero-order valence-corrected chi connectivity index (χ0v) is 15.6. The Kier molecular flexibility index (Phi) is 6.57. The van der Waals surface area contributed by atoms with Crippen molar-refractivity contribution in [2.24, 2.45) is 0 Å². The van der Waals surface area contributed by atoms with Gasteiger partial charge in [-0.25, -0.2) is 9.78 Å². The van der Waals surface area contributed by atoms with Crippen LogP contribution in [0.1, 0.15) is 12.5 Å². The van der Waals surface area contributed by atoms with Gasteiger partial charge in [-0.15, -0.1) is 0 Å². The Bertz CT molecular complexity index is 687. The van der Waals surface area contributed by atoms with E-state index in [-0.39, 0.29) is 19.6 Å². The van der Waals surface area contributed by atoms with Gasteiger partial charge in [0.25, 0.3) is 10.2 Å². The highest BCUT2D eigenvalue weighted by molar-refractivity contribution is 7.87. The van der Waals surface area contributed by atoms with E-state index >= 15 is 0 Å². The standard InChI is InChI=1S/C15H25N5O4S/c1-4-24-15(21)19-8-10-20(11-9-19)25(22,23)17-12-13-6-5-7-16-14(13)18(2)3/h5-7,17H,4,8-12H2,1-3H3. The second kappa shape index (κ2) is 8.45. The molecule has 1 saturated heterocycles. The smallest absolute Gasteiger partial charge is 0.409 e. The van der Waals surface area contributed by atoms with E-state index in [1.165, 1.54) is 9.21 Å². The number of aromatic nitrogens is 1. The van der Waals surface area contributed by atoms with Crippen LogP contribution in [-0.2, 0) is 21.5 Å². The molecule has 10 heteroatoms. The van der Waals surface area contributed by atoms with Crippen molar-refractivity contribution in [2.45, 2.75) is 13.5 Å². The fraction of sp³-hybridized carbons (Fsp3) is 0.600. The molecule has 0 aliphatic carbocycles. The lowest BCUT2D eigenvalue weighted by Crippen LogP contribution is -2.53. The van der Waals surface area contributed by atoms with Gasteiger partial charge < -0.3 is 14.5 Å². The van der Waals surface area contributed by atoms with Gasteiger partial charge in [0.05, 0.1) is 6.61 Å². The van der Waals surface area contributed by atoms with Crippen molar-refractivity contribution < 1.29 is 17.9 Å². The topological polar surface area (TPSA) is 95.1 Å². The van der Waals surface area contributed by atoms with E-state index in [0.29, 0.717) is 19.7 Å². The minimum atomic E-state index is -3.63. The fourth-order valence-corrected chi connectivity index (χ4v) is 3.72. The van der Waals surface area contributed by atoms with Crippen LogP contribution in [0.25, 0.3) is 0 Å². The first-order valence-corrected chi connectivity index (χ1v) is 9.56. The molecule has 1 aromatic heterocycles. The number of carbonyl (C=O) groups excluding carboxylic acids is 1. The SMILES string of the molecule is CCOC(=O)N1CCN(S(=O)(=O)NCc2cccnc2N(C)C)CC1. The van der Waals surface area contributed by atoms with Crippen molar-refractivity contribution in [3.05, 3.63) is 23.9 Å². The molecule has 1 fully saturated rings. The second-order valence-electron chi connectivity index (χ2n) is 5.79. The largest absolute Gasteiger partial charge is 0.450 e. The number of ether oxygens (including phenoxy) is 1. The molecule has 0 aromatic carbocycles.